The molecule has 0 amide bonds. The molecule has 1 aromatic rings. The average Bonchev–Trinajstić information content (AvgIpc) is 2.44. The van der Waals surface area contributed by atoms with Gasteiger partial charge in [-0.05, 0) is 50.2 Å². The molecule has 1 atom stereocenters. The van der Waals surface area contributed by atoms with E-state index in [1.165, 1.54) is 6.07 Å². The summed E-state index contributed by atoms with van der Waals surface area (Å²) in [6, 6.07) is 6.66. The third kappa shape index (κ3) is 3.39. The fourth-order valence-corrected chi connectivity index (χ4v) is 3.17. The van der Waals surface area contributed by atoms with Gasteiger partial charge in [-0.1, -0.05) is 25.1 Å². The number of rotatable bonds is 5. The van der Waals surface area contributed by atoms with Gasteiger partial charge in [-0.25, -0.2) is 4.39 Å². The molecule has 0 aliphatic heterocycles. The summed E-state index contributed by atoms with van der Waals surface area (Å²) in [6.07, 6.45) is 3.52. The van der Waals surface area contributed by atoms with Gasteiger partial charge in [-0.15, -0.1) is 0 Å². The van der Waals surface area contributed by atoms with Crippen molar-refractivity contribution in [3.63, 3.8) is 0 Å². The summed E-state index contributed by atoms with van der Waals surface area (Å²) in [4.78, 5) is 0. The third-order valence-electron chi connectivity index (χ3n) is 4.53. The van der Waals surface area contributed by atoms with E-state index in [1.807, 2.05) is 6.92 Å². The van der Waals surface area contributed by atoms with Crippen molar-refractivity contribution in [1.29, 1.82) is 0 Å². The molecule has 0 heterocycles. The lowest BCUT2D eigenvalue weighted by molar-refractivity contribution is -0.143. The van der Waals surface area contributed by atoms with Crippen LogP contribution in [0.1, 0.15) is 45.1 Å². The number of aliphatic hydroxyl groups is 1. The maximum Gasteiger partial charge on any atom is 0.126 e. The van der Waals surface area contributed by atoms with Crippen LogP contribution in [0.25, 0.3) is 0 Å². The molecule has 112 valence electrons. The fourth-order valence-electron chi connectivity index (χ4n) is 3.17. The van der Waals surface area contributed by atoms with Crippen LogP contribution in [0.2, 0.25) is 0 Å². The second-order valence-electron chi connectivity index (χ2n) is 5.99. The van der Waals surface area contributed by atoms with Gasteiger partial charge in [-0.2, -0.15) is 0 Å². The first kappa shape index (κ1) is 15.5. The zero-order chi connectivity index (χ0) is 14.6. The Bertz CT molecular complexity index is 425. The lowest BCUT2D eigenvalue weighted by Crippen LogP contribution is -2.48. The predicted molar refractivity (Wildman–Crippen MR) is 78.1 cm³/mol. The van der Waals surface area contributed by atoms with Gasteiger partial charge in [0.2, 0.25) is 0 Å². The van der Waals surface area contributed by atoms with E-state index in [0.29, 0.717) is 24.5 Å². The van der Waals surface area contributed by atoms with Gasteiger partial charge < -0.3 is 9.84 Å². The molecule has 2 nitrogen and oxygen atoms in total. The summed E-state index contributed by atoms with van der Waals surface area (Å²) < 4.78 is 19.7. The Balaban J connectivity index is 2.11. The minimum Gasteiger partial charge on any atom is -0.390 e. The summed E-state index contributed by atoms with van der Waals surface area (Å²) in [5.74, 6) is 0.437. The topological polar surface area (TPSA) is 29.5 Å². The van der Waals surface area contributed by atoms with Gasteiger partial charge in [0.05, 0.1) is 11.7 Å². The normalized spacial score (nSPS) is 28.3. The van der Waals surface area contributed by atoms with Crippen molar-refractivity contribution < 1.29 is 14.2 Å². The quantitative estimate of drug-likeness (QED) is 0.891. The first-order valence-electron chi connectivity index (χ1n) is 7.63. The molecule has 0 radical (unpaired) electrons. The highest BCUT2D eigenvalue weighted by Crippen LogP contribution is 2.38. The van der Waals surface area contributed by atoms with Crippen molar-refractivity contribution in [2.45, 2.75) is 57.7 Å². The van der Waals surface area contributed by atoms with E-state index >= 15 is 0 Å². The summed E-state index contributed by atoms with van der Waals surface area (Å²) in [5, 5.41) is 10.6. The summed E-state index contributed by atoms with van der Waals surface area (Å²) in [5.41, 5.74) is 0.0708. The van der Waals surface area contributed by atoms with Gasteiger partial charge in [0.1, 0.15) is 5.82 Å². The minimum absolute atomic E-state index is 0.248. The van der Waals surface area contributed by atoms with Crippen LogP contribution in [-0.2, 0) is 11.2 Å². The molecule has 3 heteroatoms. The molecule has 1 aliphatic rings. The highest BCUT2D eigenvalue weighted by atomic mass is 19.1. The molecule has 2 rings (SSSR count). The van der Waals surface area contributed by atoms with Crippen LogP contribution in [0, 0.1) is 11.7 Å². The van der Waals surface area contributed by atoms with Crippen molar-refractivity contribution in [1.82, 2.24) is 0 Å². The van der Waals surface area contributed by atoms with Gasteiger partial charge in [-0.3, -0.25) is 0 Å². The molecule has 1 N–H and O–H groups in total. The van der Waals surface area contributed by atoms with Crippen molar-refractivity contribution >= 4 is 0 Å². The first-order chi connectivity index (χ1) is 9.57. The van der Waals surface area contributed by atoms with E-state index in [4.69, 9.17) is 4.74 Å². The third-order valence-corrected chi connectivity index (χ3v) is 4.53. The number of ether oxygens (including phenoxy) is 1. The van der Waals surface area contributed by atoms with Gasteiger partial charge >= 0.3 is 0 Å². The Hall–Kier alpha value is -0.930. The van der Waals surface area contributed by atoms with Gasteiger partial charge in [0.25, 0.3) is 0 Å². The Morgan fingerprint density at radius 2 is 2.00 bits per heavy atom. The molecule has 0 spiro atoms. The van der Waals surface area contributed by atoms with E-state index in [0.717, 1.165) is 25.7 Å². The van der Waals surface area contributed by atoms with Crippen LogP contribution < -0.4 is 0 Å². The Morgan fingerprint density at radius 3 is 2.60 bits per heavy atom. The molecule has 20 heavy (non-hydrogen) atoms. The second-order valence-corrected chi connectivity index (χ2v) is 5.99. The predicted octanol–water partition coefficient (Wildman–Crippen LogP) is 3.71. The fraction of sp³-hybridized carbons (Fsp3) is 0.647. The highest BCUT2D eigenvalue weighted by Gasteiger charge is 2.41. The Morgan fingerprint density at radius 1 is 1.35 bits per heavy atom. The minimum atomic E-state index is -0.646. The number of benzene rings is 1. The highest BCUT2D eigenvalue weighted by molar-refractivity contribution is 5.19. The largest absolute Gasteiger partial charge is 0.390 e. The van der Waals surface area contributed by atoms with Gasteiger partial charge in [0.15, 0.2) is 0 Å². The SMILES string of the molecule is CCOC1(C(O)Cc2ccccc2F)CCC(C)CC1. The molecule has 1 aromatic carbocycles. The summed E-state index contributed by atoms with van der Waals surface area (Å²) in [7, 11) is 0. The van der Waals surface area contributed by atoms with E-state index in [2.05, 4.69) is 6.92 Å². The average molecular weight is 280 g/mol. The molecule has 1 fully saturated rings. The molecule has 0 bridgehead atoms. The zero-order valence-electron chi connectivity index (χ0n) is 12.4. The van der Waals surface area contributed by atoms with Crippen LogP contribution >= 0.6 is 0 Å². The van der Waals surface area contributed by atoms with Crippen molar-refractivity contribution in [2.24, 2.45) is 5.92 Å². The van der Waals surface area contributed by atoms with Crippen molar-refractivity contribution in [3.05, 3.63) is 35.6 Å². The maximum atomic E-state index is 13.7. The second kappa shape index (κ2) is 6.68. The van der Waals surface area contributed by atoms with Crippen LogP contribution in [0.3, 0.4) is 0 Å². The van der Waals surface area contributed by atoms with Crippen LogP contribution in [-0.4, -0.2) is 23.4 Å². The molecule has 0 saturated heterocycles. The Kier molecular flexibility index (Phi) is 5.17. The number of hydrogen-bond acceptors (Lipinski definition) is 2. The zero-order valence-corrected chi connectivity index (χ0v) is 12.4. The van der Waals surface area contributed by atoms with E-state index in [1.54, 1.807) is 18.2 Å². The maximum absolute atomic E-state index is 13.7. The lowest BCUT2D eigenvalue weighted by Gasteiger charge is -2.42. The molecule has 0 aromatic heterocycles. The van der Waals surface area contributed by atoms with Crippen LogP contribution in [0.15, 0.2) is 24.3 Å². The van der Waals surface area contributed by atoms with Gasteiger partial charge in [0, 0.05) is 13.0 Å². The van der Waals surface area contributed by atoms with Crippen molar-refractivity contribution in [2.75, 3.05) is 6.61 Å². The van der Waals surface area contributed by atoms with E-state index < -0.39 is 11.7 Å². The smallest absolute Gasteiger partial charge is 0.126 e. The van der Waals surface area contributed by atoms with Crippen LogP contribution in [0.4, 0.5) is 4.39 Å². The number of halogens is 1. The summed E-state index contributed by atoms with van der Waals surface area (Å²) >= 11 is 0. The van der Waals surface area contributed by atoms with E-state index in [9.17, 15) is 9.50 Å². The monoisotopic (exact) mass is 280 g/mol. The van der Waals surface area contributed by atoms with Crippen LogP contribution in [0.5, 0.6) is 0 Å². The standard InChI is InChI=1S/C17H25FO2/c1-3-20-17(10-8-13(2)9-11-17)16(19)12-14-6-4-5-7-15(14)18/h4-7,13,16,19H,3,8-12H2,1-2H3. The lowest BCUT2D eigenvalue weighted by atomic mass is 9.75. The molecule has 1 saturated carbocycles. The summed E-state index contributed by atoms with van der Waals surface area (Å²) in [6.45, 7) is 4.78. The molecule has 1 unspecified atom stereocenters. The Labute approximate surface area is 121 Å². The number of aliphatic hydroxyl groups excluding tert-OH is 1. The van der Waals surface area contributed by atoms with E-state index in [-0.39, 0.29) is 5.82 Å². The van der Waals surface area contributed by atoms with Crippen molar-refractivity contribution in [3.8, 4) is 0 Å². The first-order valence-corrected chi connectivity index (χ1v) is 7.63. The molecular weight excluding hydrogens is 255 g/mol. The molecular formula is C17H25FO2. The number of hydrogen-bond donors (Lipinski definition) is 1. The molecule has 1 aliphatic carbocycles.